The number of rotatable bonds is 6. The number of hydrogen-bond donors (Lipinski definition) is 1. The predicted octanol–water partition coefficient (Wildman–Crippen LogP) is 2.18. The largest absolute Gasteiger partial charge is 0.313 e. The summed E-state index contributed by atoms with van der Waals surface area (Å²) in [4.78, 5) is 5.05. The van der Waals surface area contributed by atoms with Crippen LogP contribution < -0.4 is 5.32 Å². The molecule has 0 radical (unpaired) electrons. The number of piperidine rings is 1. The minimum Gasteiger partial charge on any atom is -0.313 e. The third-order valence-corrected chi connectivity index (χ3v) is 5.25. The molecule has 1 aliphatic carbocycles. The maximum atomic E-state index is 3.76. The molecule has 3 nitrogen and oxygen atoms in total. The van der Waals surface area contributed by atoms with Gasteiger partial charge in [0.15, 0.2) is 0 Å². The molecular formula is C16H33N3. The molecule has 3 heteroatoms. The van der Waals surface area contributed by atoms with Crippen LogP contribution >= 0.6 is 0 Å². The van der Waals surface area contributed by atoms with E-state index in [1.165, 1.54) is 58.2 Å². The second-order valence-electron chi connectivity index (χ2n) is 6.83. The first-order chi connectivity index (χ1) is 9.16. The SMILES string of the molecule is CC(NCCN(C)C1CCCC1)C1CCCN(C)C1. The highest BCUT2D eigenvalue weighted by Crippen LogP contribution is 2.22. The van der Waals surface area contributed by atoms with E-state index in [-0.39, 0.29) is 0 Å². The highest BCUT2D eigenvalue weighted by Gasteiger charge is 2.23. The fraction of sp³-hybridized carbons (Fsp3) is 1.00. The van der Waals surface area contributed by atoms with E-state index in [4.69, 9.17) is 0 Å². The lowest BCUT2D eigenvalue weighted by atomic mass is 9.92. The number of nitrogens with one attached hydrogen (secondary N) is 1. The molecule has 112 valence electrons. The molecule has 19 heavy (non-hydrogen) atoms. The number of nitrogens with zero attached hydrogens (tertiary/aromatic N) is 2. The number of likely N-dealkylation sites (N-methyl/N-ethyl adjacent to an activating group) is 1. The molecule has 1 saturated heterocycles. The maximum absolute atomic E-state index is 3.76. The normalized spacial score (nSPS) is 28.1. The standard InChI is InChI=1S/C16H33N3/c1-14(15-7-6-11-18(2)13-15)17-10-12-19(3)16-8-4-5-9-16/h14-17H,4-13H2,1-3H3. The predicted molar refractivity (Wildman–Crippen MR) is 82.6 cm³/mol. The molecule has 1 heterocycles. The first-order valence-corrected chi connectivity index (χ1v) is 8.29. The summed E-state index contributed by atoms with van der Waals surface area (Å²) in [5, 5.41) is 3.76. The first-order valence-electron chi connectivity index (χ1n) is 8.29. The molecule has 2 rings (SSSR count). The smallest absolute Gasteiger partial charge is 0.0107 e. The van der Waals surface area contributed by atoms with Gasteiger partial charge in [-0.15, -0.1) is 0 Å². The summed E-state index contributed by atoms with van der Waals surface area (Å²) in [5.74, 6) is 0.843. The maximum Gasteiger partial charge on any atom is 0.0107 e. The fourth-order valence-electron chi connectivity index (χ4n) is 3.78. The van der Waals surface area contributed by atoms with Gasteiger partial charge in [-0.1, -0.05) is 12.8 Å². The molecule has 0 bridgehead atoms. The fourth-order valence-corrected chi connectivity index (χ4v) is 3.78. The van der Waals surface area contributed by atoms with Crippen molar-refractivity contribution in [3.05, 3.63) is 0 Å². The summed E-state index contributed by atoms with van der Waals surface area (Å²) in [5.41, 5.74) is 0. The van der Waals surface area contributed by atoms with Crippen LogP contribution in [-0.4, -0.2) is 62.2 Å². The van der Waals surface area contributed by atoms with Crippen molar-refractivity contribution >= 4 is 0 Å². The Kier molecular flexibility index (Phi) is 6.11. The summed E-state index contributed by atoms with van der Waals surface area (Å²) < 4.78 is 0. The van der Waals surface area contributed by atoms with Crippen LogP contribution in [-0.2, 0) is 0 Å². The van der Waals surface area contributed by atoms with Gasteiger partial charge in [-0.2, -0.15) is 0 Å². The molecule has 0 aromatic carbocycles. The van der Waals surface area contributed by atoms with Crippen molar-refractivity contribution in [3.63, 3.8) is 0 Å². The van der Waals surface area contributed by atoms with Crippen molar-refractivity contribution in [2.45, 2.75) is 57.5 Å². The Morgan fingerprint density at radius 2 is 1.95 bits per heavy atom. The second kappa shape index (κ2) is 7.61. The Hall–Kier alpha value is -0.120. The Morgan fingerprint density at radius 1 is 1.21 bits per heavy atom. The van der Waals surface area contributed by atoms with Gasteiger partial charge in [0, 0.05) is 31.7 Å². The van der Waals surface area contributed by atoms with Crippen molar-refractivity contribution in [2.24, 2.45) is 5.92 Å². The lowest BCUT2D eigenvalue weighted by Crippen LogP contribution is -2.45. The Balaban J connectivity index is 1.61. The number of likely N-dealkylation sites (tertiary alicyclic amines) is 1. The third kappa shape index (κ3) is 4.73. The van der Waals surface area contributed by atoms with Gasteiger partial charge in [0.2, 0.25) is 0 Å². The molecule has 0 aromatic rings. The molecule has 2 atom stereocenters. The van der Waals surface area contributed by atoms with Gasteiger partial charge >= 0.3 is 0 Å². The zero-order chi connectivity index (χ0) is 13.7. The van der Waals surface area contributed by atoms with Gasteiger partial charge in [-0.3, -0.25) is 0 Å². The summed E-state index contributed by atoms with van der Waals surface area (Å²) in [7, 11) is 4.56. The van der Waals surface area contributed by atoms with Crippen LogP contribution in [0.4, 0.5) is 0 Å². The topological polar surface area (TPSA) is 18.5 Å². The minimum atomic E-state index is 0.666. The van der Waals surface area contributed by atoms with E-state index in [1.54, 1.807) is 0 Å². The molecule has 2 aliphatic rings. The molecule has 2 unspecified atom stereocenters. The molecule has 1 N–H and O–H groups in total. The van der Waals surface area contributed by atoms with Gasteiger partial charge in [-0.05, 0) is 59.2 Å². The van der Waals surface area contributed by atoms with Crippen molar-refractivity contribution in [1.82, 2.24) is 15.1 Å². The monoisotopic (exact) mass is 267 g/mol. The van der Waals surface area contributed by atoms with E-state index in [0.29, 0.717) is 6.04 Å². The lowest BCUT2D eigenvalue weighted by Gasteiger charge is -2.34. The minimum absolute atomic E-state index is 0.666. The molecule has 0 amide bonds. The van der Waals surface area contributed by atoms with E-state index >= 15 is 0 Å². The second-order valence-corrected chi connectivity index (χ2v) is 6.83. The van der Waals surface area contributed by atoms with Crippen LogP contribution in [0.3, 0.4) is 0 Å². The average molecular weight is 267 g/mol. The Morgan fingerprint density at radius 3 is 2.63 bits per heavy atom. The van der Waals surface area contributed by atoms with E-state index in [1.807, 2.05) is 0 Å². The van der Waals surface area contributed by atoms with Crippen LogP contribution in [0.1, 0.15) is 45.4 Å². The quantitative estimate of drug-likeness (QED) is 0.796. The van der Waals surface area contributed by atoms with E-state index in [2.05, 4.69) is 36.1 Å². The van der Waals surface area contributed by atoms with E-state index < -0.39 is 0 Å². The highest BCUT2D eigenvalue weighted by molar-refractivity contribution is 4.80. The number of hydrogen-bond acceptors (Lipinski definition) is 3. The van der Waals surface area contributed by atoms with Crippen LogP contribution in [0, 0.1) is 5.92 Å². The van der Waals surface area contributed by atoms with Crippen molar-refractivity contribution in [3.8, 4) is 0 Å². The summed E-state index contributed by atoms with van der Waals surface area (Å²) >= 11 is 0. The van der Waals surface area contributed by atoms with Gasteiger partial charge < -0.3 is 15.1 Å². The van der Waals surface area contributed by atoms with Crippen LogP contribution in [0.25, 0.3) is 0 Å². The van der Waals surface area contributed by atoms with Crippen molar-refractivity contribution < 1.29 is 0 Å². The zero-order valence-corrected chi connectivity index (χ0v) is 13.2. The van der Waals surface area contributed by atoms with Crippen LogP contribution in [0.5, 0.6) is 0 Å². The van der Waals surface area contributed by atoms with E-state index in [0.717, 1.165) is 18.5 Å². The van der Waals surface area contributed by atoms with Crippen molar-refractivity contribution in [2.75, 3.05) is 40.3 Å². The van der Waals surface area contributed by atoms with Crippen molar-refractivity contribution in [1.29, 1.82) is 0 Å². The zero-order valence-electron chi connectivity index (χ0n) is 13.2. The molecule has 1 aliphatic heterocycles. The summed E-state index contributed by atoms with van der Waals surface area (Å²) in [6.45, 7) is 7.28. The first kappa shape index (κ1) is 15.3. The highest BCUT2D eigenvalue weighted by atomic mass is 15.2. The molecule has 1 saturated carbocycles. The van der Waals surface area contributed by atoms with Gasteiger partial charge in [0.1, 0.15) is 0 Å². The van der Waals surface area contributed by atoms with Crippen LogP contribution in [0.2, 0.25) is 0 Å². The molecule has 0 aromatic heterocycles. The summed E-state index contributed by atoms with van der Waals surface area (Å²) in [6.07, 6.45) is 8.48. The average Bonchev–Trinajstić information content (AvgIpc) is 2.92. The molecular weight excluding hydrogens is 234 g/mol. The molecule has 2 fully saturated rings. The third-order valence-electron chi connectivity index (χ3n) is 5.25. The lowest BCUT2D eigenvalue weighted by molar-refractivity contribution is 0.173. The van der Waals surface area contributed by atoms with Gasteiger partial charge in [0.25, 0.3) is 0 Å². The van der Waals surface area contributed by atoms with E-state index in [9.17, 15) is 0 Å². The van der Waals surface area contributed by atoms with Gasteiger partial charge in [0.05, 0.1) is 0 Å². The summed E-state index contributed by atoms with van der Waals surface area (Å²) in [6, 6.07) is 1.53. The van der Waals surface area contributed by atoms with Gasteiger partial charge in [-0.25, -0.2) is 0 Å². The Bertz CT molecular complexity index is 250. The molecule has 0 spiro atoms. The van der Waals surface area contributed by atoms with Crippen LogP contribution in [0.15, 0.2) is 0 Å². The Labute approximate surface area is 119 Å².